The van der Waals surface area contributed by atoms with Crippen molar-refractivity contribution in [1.82, 2.24) is 34.9 Å². The van der Waals surface area contributed by atoms with E-state index < -0.39 is 35.4 Å². The SMILES string of the molecule is CCCCCCCCCCOc1ccc(C(=O)Nc2cccc(NC(=O)CCCCCCCCC)n2)nc1C(=O)Nc1cccc(NC(=O)c2ccc(OCCCCCCCCCC)c(C(=O)Nc3cccc(NC(=O)c4nc(C(=O)Nc5cccc(NC(=O)CCCCCCCCC)n5)ccc4OCCCCCCCCCC)n3)n2)n1. The fraction of sp³-hybridized carbons (Fsp3) is 0.527. The van der Waals surface area contributed by atoms with Crippen LogP contribution in [0, 0.1) is 0 Å². The molecule has 8 amide bonds. The molecule has 0 fully saturated rings. The molecule has 7 aromatic rings. The fourth-order valence-electron chi connectivity index (χ4n) is 13.1. The standard InChI is InChI=1S/C91H127N15O11/c1-6-11-16-21-26-31-36-41-64-115-70-61-58-67(86(109)101-75-50-44-48-73(95-75)99-81(107)56-39-34-29-24-19-14-9-4)92-83(70)89(112)104-78-53-46-52-77(97-78)103-88(111)69-60-63-72(117-66-43-38-33-28-23-18-13-8-3)85(94-69)91(114)106-80-55-47-54-79(98-80)105-90(113)84-71(116-65-42-37-32-27-22-17-12-7-2)62-59-68(93-84)87(110)102-76-51-45-49-74(96-76)100-82(108)57-40-35-30-25-20-15-10-5/h44-55,58-63H,6-43,56-57,64-66H2,1-5H3,(H2,95,99,101,107,109)(H2,96,100,102,108,110)(H2,97,103,104,111,112)(H2,98,105,106,113,114). The summed E-state index contributed by atoms with van der Waals surface area (Å²) >= 11 is 0. The Bertz CT molecular complexity index is 4200. The molecule has 632 valence electrons. The molecule has 0 aromatic carbocycles. The van der Waals surface area contributed by atoms with Gasteiger partial charge in [-0.25, -0.2) is 34.9 Å². The lowest BCUT2D eigenvalue weighted by molar-refractivity contribution is -0.117. The van der Waals surface area contributed by atoms with Crippen molar-refractivity contribution in [2.75, 3.05) is 62.4 Å². The van der Waals surface area contributed by atoms with Crippen molar-refractivity contribution in [2.45, 2.75) is 291 Å². The second-order valence-corrected chi connectivity index (χ2v) is 29.8. The third-order valence-corrected chi connectivity index (χ3v) is 19.7. The molecule has 0 atom stereocenters. The predicted molar refractivity (Wildman–Crippen MR) is 464 cm³/mol. The normalized spacial score (nSPS) is 11.0. The minimum absolute atomic E-state index is 0.000283. The van der Waals surface area contributed by atoms with Crippen molar-refractivity contribution in [3.8, 4) is 17.2 Å². The maximum Gasteiger partial charge on any atom is 0.279 e. The van der Waals surface area contributed by atoms with Crippen molar-refractivity contribution in [3.63, 3.8) is 0 Å². The number of nitrogens with zero attached hydrogens (tertiary/aromatic N) is 7. The third kappa shape index (κ3) is 36.5. The van der Waals surface area contributed by atoms with Crippen LogP contribution in [-0.4, -0.2) is 102 Å². The number of anilines is 8. The molecule has 0 aliphatic heterocycles. The van der Waals surface area contributed by atoms with Crippen LogP contribution >= 0.6 is 0 Å². The second kappa shape index (κ2) is 55.7. The Morgan fingerprint density at radius 3 is 0.650 bits per heavy atom. The lowest BCUT2D eigenvalue weighted by Crippen LogP contribution is -2.22. The number of carbonyl (C=O) groups excluding carboxylic acids is 8. The summed E-state index contributed by atoms with van der Waals surface area (Å²) in [6, 6.07) is 27.7. The highest BCUT2D eigenvalue weighted by molar-refractivity contribution is 6.10. The predicted octanol–water partition coefficient (Wildman–Crippen LogP) is 21.7. The highest BCUT2D eigenvalue weighted by Crippen LogP contribution is 2.27. The van der Waals surface area contributed by atoms with E-state index in [1.807, 2.05) is 0 Å². The van der Waals surface area contributed by atoms with E-state index in [2.05, 4.69) is 112 Å². The number of unbranched alkanes of at least 4 members (excludes halogenated alkanes) is 33. The van der Waals surface area contributed by atoms with Crippen LogP contribution in [0.3, 0.4) is 0 Å². The maximum atomic E-state index is 14.6. The molecule has 7 heterocycles. The van der Waals surface area contributed by atoms with Gasteiger partial charge in [0.05, 0.1) is 19.8 Å². The van der Waals surface area contributed by atoms with Gasteiger partial charge >= 0.3 is 0 Å². The van der Waals surface area contributed by atoms with Crippen LogP contribution in [0.5, 0.6) is 17.2 Å². The van der Waals surface area contributed by atoms with E-state index in [4.69, 9.17) is 14.2 Å². The van der Waals surface area contributed by atoms with E-state index >= 15 is 0 Å². The number of rotatable bonds is 60. The highest BCUT2D eigenvalue weighted by Gasteiger charge is 2.25. The van der Waals surface area contributed by atoms with Gasteiger partial charge in [-0.1, -0.05) is 271 Å². The molecular formula is C91H127N15O11. The molecule has 0 spiro atoms. The number of hydrogen-bond donors (Lipinski definition) is 8. The highest BCUT2D eigenvalue weighted by atomic mass is 16.5. The van der Waals surface area contributed by atoms with E-state index in [1.54, 1.807) is 48.5 Å². The number of aromatic nitrogens is 7. The summed E-state index contributed by atoms with van der Waals surface area (Å²) in [5.41, 5.74) is -1.10. The molecule has 26 nitrogen and oxygen atoms in total. The summed E-state index contributed by atoms with van der Waals surface area (Å²) in [7, 11) is 0. The Labute approximate surface area is 692 Å². The number of carbonyl (C=O) groups is 8. The van der Waals surface area contributed by atoms with Crippen LogP contribution in [0.15, 0.2) is 109 Å². The molecule has 0 aliphatic carbocycles. The molecule has 7 aromatic heterocycles. The smallest absolute Gasteiger partial charge is 0.279 e. The van der Waals surface area contributed by atoms with E-state index in [0.717, 1.165) is 135 Å². The first-order valence-electron chi connectivity index (χ1n) is 43.4. The molecule has 0 radical (unpaired) electrons. The molecule has 8 N–H and O–H groups in total. The Morgan fingerprint density at radius 2 is 0.419 bits per heavy atom. The Morgan fingerprint density at radius 1 is 0.222 bits per heavy atom. The molecular weight excluding hydrogens is 1480 g/mol. The van der Waals surface area contributed by atoms with Crippen molar-refractivity contribution in [3.05, 3.63) is 143 Å². The lowest BCUT2D eigenvalue weighted by atomic mass is 10.1. The first kappa shape index (κ1) is 93.4. The van der Waals surface area contributed by atoms with Crippen molar-refractivity contribution in [1.29, 1.82) is 0 Å². The van der Waals surface area contributed by atoms with E-state index in [9.17, 15) is 38.4 Å². The van der Waals surface area contributed by atoms with Crippen LogP contribution in [0.25, 0.3) is 0 Å². The quantitative estimate of drug-likeness (QED) is 0.0164. The lowest BCUT2D eigenvalue weighted by Gasteiger charge is -2.14. The minimum Gasteiger partial charge on any atom is -0.491 e. The summed E-state index contributed by atoms with van der Waals surface area (Å²) in [5.74, 6) is -3.60. The number of ether oxygens (including phenoxy) is 3. The average molecular weight is 1610 g/mol. The maximum absolute atomic E-state index is 14.6. The van der Waals surface area contributed by atoms with Crippen LogP contribution < -0.4 is 56.7 Å². The number of amides is 8. The van der Waals surface area contributed by atoms with E-state index in [0.29, 0.717) is 19.3 Å². The molecule has 26 heteroatoms. The van der Waals surface area contributed by atoms with Crippen LogP contribution in [0.1, 0.15) is 354 Å². The van der Waals surface area contributed by atoms with Gasteiger partial charge in [0, 0.05) is 12.8 Å². The largest absolute Gasteiger partial charge is 0.491 e. The van der Waals surface area contributed by atoms with Crippen LogP contribution in [-0.2, 0) is 9.59 Å². The topological polar surface area (TPSA) is 351 Å². The second-order valence-electron chi connectivity index (χ2n) is 29.8. The molecule has 7 rings (SSSR count). The van der Waals surface area contributed by atoms with Gasteiger partial charge in [0.25, 0.3) is 35.4 Å². The van der Waals surface area contributed by atoms with Gasteiger partial charge in [0.15, 0.2) is 34.3 Å². The first-order valence-corrected chi connectivity index (χ1v) is 43.4. The zero-order chi connectivity index (χ0) is 83.3. The van der Waals surface area contributed by atoms with Gasteiger partial charge in [0.2, 0.25) is 11.8 Å². The summed E-state index contributed by atoms with van der Waals surface area (Å²) in [6.45, 7) is 11.8. The average Bonchev–Trinajstić information content (AvgIpc) is 0.823. The number of nitrogens with one attached hydrogen (secondary N) is 8. The summed E-state index contributed by atoms with van der Waals surface area (Å²) in [4.78, 5) is 143. The van der Waals surface area contributed by atoms with Crippen molar-refractivity contribution >= 4 is 93.8 Å². The Balaban J connectivity index is 1.05. The molecule has 0 saturated carbocycles. The van der Waals surface area contributed by atoms with E-state index in [1.165, 1.54) is 163 Å². The van der Waals surface area contributed by atoms with Gasteiger partial charge in [-0.05, 0) is 117 Å². The van der Waals surface area contributed by atoms with Gasteiger partial charge < -0.3 is 56.7 Å². The number of hydrogen-bond acceptors (Lipinski definition) is 18. The van der Waals surface area contributed by atoms with Gasteiger partial charge in [-0.2, -0.15) is 0 Å². The molecule has 0 unspecified atom stereocenters. The summed E-state index contributed by atoms with van der Waals surface area (Å²) in [5, 5.41) is 22.1. The summed E-state index contributed by atoms with van der Waals surface area (Å²) < 4.78 is 18.6. The minimum atomic E-state index is -0.797. The third-order valence-electron chi connectivity index (χ3n) is 19.7. The number of pyridine rings is 7. The summed E-state index contributed by atoms with van der Waals surface area (Å²) in [6.07, 6.45) is 41.3. The van der Waals surface area contributed by atoms with Gasteiger partial charge in [0.1, 0.15) is 63.6 Å². The Kier molecular flexibility index (Phi) is 44.5. The molecule has 117 heavy (non-hydrogen) atoms. The Hall–Kier alpha value is -10.8. The zero-order valence-electron chi connectivity index (χ0n) is 69.9. The van der Waals surface area contributed by atoms with E-state index in [-0.39, 0.29) is 130 Å². The van der Waals surface area contributed by atoms with Gasteiger partial charge in [-0.3, -0.25) is 38.4 Å². The van der Waals surface area contributed by atoms with Gasteiger partial charge in [-0.15, -0.1) is 0 Å². The first-order chi connectivity index (χ1) is 57.2. The monoisotopic (exact) mass is 1610 g/mol. The van der Waals surface area contributed by atoms with Crippen LogP contribution in [0.2, 0.25) is 0 Å². The fourth-order valence-corrected chi connectivity index (χ4v) is 13.1. The van der Waals surface area contributed by atoms with Crippen molar-refractivity contribution < 1.29 is 52.6 Å². The van der Waals surface area contributed by atoms with Crippen molar-refractivity contribution in [2.24, 2.45) is 0 Å². The molecule has 0 saturated heterocycles. The molecule has 0 bridgehead atoms. The molecule has 0 aliphatic rings. The van der Waals surface area contributed by atoms with Crippen LogP contribution in [0.4, 0.5) is 46.5 Å². The zero-order valence-corrected chi connectivity index (χ0v) is 69.9.